The van der Waals surface area contributed by atoms with Crippen molar-refractivity contribution in [3.05, 3.63) is 17.8 Å². The monoisotopic (exact) mass is 232 g/mol. The molecule has 0 bridgehead atoms. The molecule has 0 fully saturated rings. The highest BCUT2D eigenvalue weighted by atomic mass is 15.2. The molecule has 2 rings (SSSR count). The number of fused-ring (bicyclic) bond motifs is 1. The molecule has 0 amide bonds. The molecule has 1 atom stereocenters. The van der Waals surface area contributed by atoms with Gasteiger partial charge in [-0.3, -0.25) is 4.57 Å². The minimum absolute atomic E-state index is 0.356. The van der Waals surface area contributed by atoms with Crippen LogP contribution >= 0.6 is 0 Å². The summed E-state index contributed by atoms with van der Waals surface area (Å²) in [6, 6.07) is 4.31. The second-order valence-corrected chi connectivity index (χ2v) is 4.85. The summed E-state index contributed by atoms with van der Waals surface area (Å²) in [6.45, 7) is 8.57. The van der Waals surface area contributed by atoms with Crippen LogP contribution in [0.2, 0.25) is 0 Å². The lowest BCUT2D eigenvalue weighted by Gasteiger charge is -2.22. The molecule has 2 aromatic rings. The number of hydrogen-bond acceptors (Lipinski definition) is 3. The quantitative estimate of drug-likeness (QED) is 0.885. The number of nitrogen functional groups attached to an aromatic ring is 1. The molecular formula is C13H20N4. The third-order valence-corrected chi connectivity index (χ3v) is 3.22. The normalized spacial score (nSPS) is 13.5. The smallest absolute Gasteiger partial charge is 0.202 e. The molecular weight excluding hydrogens is 212 g/mol. The molecule has 0 saturated carbocycles. The Morgan fingerprint density at radius 1 is 1.29 bits per heavy atom. The van der Waals surface area contributed by atoms with E-state index in [0.29, 0.717) is 17.9 Å². The van der Waals surface area contributed by atoms with Crippen molar-refractivity contribution in [3.8, 4) is 0 Å². The van der Waals surface area contributed by atoms with E-state index in [9.17, 15) is 0 Å². The Balaban J connectivity index is 2.66. The Morgan fingerprint density at radius 3 is 2.59 bits per heavy atom. The Morgan fingerprint density at radius 2 is 2.00 bits per heavy atom. The molecule has 2 heterocycles. The van der Waals surface area contributed by atoms with Crippen molar-refractivity contribution in [2.45, 2.75) is 40.2 Å². The van der Waals surface area contributed by atoms with Crippen LogP contribution in [0.3, 0.4) is 0 Å². The molecule has 2 N–H and O–H groups in total. The number of aromatic nitrogens is 3. The van der Waals surface area contributed by atoms with E-state index in [4.69, 9.17) is 5.73 Å². The van der Waals surface area contributed by atoms with Crippen LogP contribution in [0.1, 0.15) is 38.9 Å². The maximum absolute atomic E-state index is 6.03. The first-order valence-electron chi connectivity index (χ1n) is 6.15. The van der Waals surface area contributed by atoms with Gasteiger partial charge in [0.15, 0.2) is 5.65 Å². The van der Waals surface area contributed by atoms with E-state index in [2.05, 4.69) is 35.3 Å². The standard InChI is InChI=1S/C13H20N4/c1-5-11(8(2)3)17-12-10(16-13(17)14)7-6-9(4)15-12/h6-8,11H,5H2,1-4H3,(H2,14,16). The number of nitrogens with zero attached hydrogens (tertiary/aromatic N) is 3. The number of nitrogens with two attached hydrogens (primary N) is 1. The zero-order chi connectivity index (χ0) is 12.6. The summed E-state index contributed by atoms with van der Waals surface area (Å²) in [5, 5.41) is 0. The maximum atomic E-state index is 6.03. The molecule has 4 nitrogen and oxygen atoms in total. The first-order chi connectivity index (χ1) is 8.04. The summed E-state index contributed by atoms with van der Waals surface area (Å²) in [4.78, 5) is 8.95. The molecule has 0 aliphatic rings. The van der Waals surface area contributed by atoms with Gasteiger partial charge >= 0.3 is 0 Å². The number of pyridine rings is 1. The topological polar surface area (TPSA) is 56.7 Å². The van der Waals surface area contributed by atoms with Gasteiger partial charge < -0.3 is 5.73 Å². The van der Waals surface area contributed by atoms with Crippen LogP contribution in [0.4, 0.5) is 5.95 Å². The van der Waals surface area contributed by atoms with E-state index >= 15 is 0 Å². The molecule has 0 aliphatic carbocycles. The number of hydrogen-bond donors (Lipinski definition) is 1. The maximum Gasteiger partial charge on any atom is 0.202 e. The minimum atomic E-state index is 0.356. The number of anilines is 1. The highest BCUT2D eigenvalue weighted by molar-refractivity contribution is 5.74. The van der Waals surface area contributed by atoms with Gasteiger partial charge in [0.2, 0.25) is 5.95 Å². The Hall–Kier alpha value is -1.58. The molecule has 0 radical (unpaired) electrons. The molecule has 17 heavy (non-hydrogen) atoms. The first kappa shape index (κ1) is 11.9. The molecule has 0 saturated heterocycles. The van der Waals surface area contributed by atoms with Gasteiger partial charge in [0.05, 0.1) is 0 Å². The minimum Gasteiger partial charge on any atom is -0.369 e. The van der Waals surface area contributed by atoms with Crippen LogP contribution in [0, 0.1) is 12.8 Å². The van der Waals surface area contributed by atoms with E-state index in [1.807, 2.05) is 19.1 Å². The van der Waals surface area contributed by atoms with E-state index in [1.54, 1.807) is 0 Å². The molecule has 0 aromatic carbocycles. The van der Waals surface area contributed by atoms with Crippen molar-refractivity contribution < 1.29 is 0 Å². The lowest BCUT2D eigenvalue weighted by atomic mass is 10.0. The molecule has 2 aromatic heterocycles. The predicted octanol–water partition coefficient (Wildman–Crippen LogP) is 2.93. The third kappa shape index (κ3) is 1.99. The van der Waals surface area contributed by atoms with Crippen molar-refractivity contribution in [1.29, 1.82) is 0 Å². The second-order valence-electron chi connectivity index (χ2n) is 4.85. The van der Waals surface area contributed by atoms with Crippen LogP contribution < -0.4 is 5.73 Å². The fourth-order valence-corrected chi connectivity index (χ4v) is 2.37. The molecule has 1 unspecified atom stereocenters. The van der Waals surface area contributed by atoms with E-state index < -0.39 is 0 Å². The summed E-state index contributed by atoms with van der Waals surface area (Å²) in [6.07, 6.45) is 1.03. The summed E-state index contributed by atoms with van der Waals surface area (Å²) in [5.41, 5.74) is 8.81. The third-order valence-electron chi connectivity index (χ3n) is 3.22. The van der Waals surface area contributed by atoms with Crippen LogP contribution in [0.5, 0.6) is 0 Å². The number of imidazole rings is 1. The van der Waals surface area contributed by atoms with Crippen molar-refractivity contribution in [2.24, 2.45) is 5.92 Å². The van der Waals surface area contributed by atoms with Gasteiger partial charge in [0, 0.05) is 11.7 Å². The lowest BCUT2D eigenvalue weighted by Crippen LogP contribution is -2.17. The zero-order valence-corrected chi connectivity index (χ0v) is 10.9. The number of aryl methyl sites for hydroxylation is 1. The molecule has 0 spiro atoms. The summed E-state index contributed by atoms with van der Waals surface area (Å²) in [5.74, 6) is 1.08. The average molecular weight is 232 g/mol. The van der Waals surface area contributed by atoms with Crippen LogP contribution in [-0.4, -0.2) is 14.5 Å². The number of rotatable bonds is 3. The molecule has 0 aliphatic heterocycles. The van der Waals surface area contributed by atoms with Crippen LogP contribution in [0.25, 0.3) is 11.2 Å². The van der Waals surface area contributed by atoms with E-state index in [0.717, 1.165) is 23.3 Å². The van der Waals surface area contributed by atoms with Gasteiger partial charge in [-0.15, -0.1) is 0 Å². The fourth-order valence-electron chi connectivity index (χ4n) is 2.37. The molecule has 4 heteroatoms. The van der Waals surface area contributed by atoms with Crippen molar-refractivity contribution in [3.63, 3.8) is 0 Å². The van der Waals surface area contributed by atoms with Gasteiger partial charge in [-0.1, -0.05) is 20.8 Å². The summed E-state index contributed by atoms with van der Waals surface area (Å²) < 4.78 is 2.08. The largest absolute Gasteiger partial charge is 0.369 e. The van der Waals surface area contributed by atoms with E-state index in [-0.39, 0.29) is 0 Å². The second kappa shape index (κ2) is 4.35. The summed E-state index contributed by atoms with van der Waals surface area (Å²) >= 11 is 0. The van der Waals surface area contributed by atoms with Crippen molar-refractivity contribution in [2.75, 3.05) is 5.73 Å². The first-order valence-corrected chi connectivity index (χ1v) is 6.15. The van der Waals surface area contributed by atoms with Gasteiger partial charge in [-0.05, 0) is 31.4 Å². The van der Waals surface area contributed by atoms with Gasteiger partial charge in [-0.2, -0.15) is 0 Å². The Kier molecular flexibility index (Phi) is 3.05. The highest BCUT2D eigenvalue weighted by Crippen LogP contribution is 2.28. The van der Waals surface area contributed by atoms with Crippen molar-refractivity contribution in [1.82, 2.24) is 14.5 Å². The van der Waals surface area contributed by atoms with Crippen molar-refractivity contribution >= 4 is 17.1 Å². The lowest BCUT2D eigenvalue weighted by molar-refractivity contribution is 0.376. The zero-order valence-electron chi connectivity index (χ0n) is 10.9. The van der Waals surface area contributed by atoms with Gasteiger partial charge in [0.25, 0.3) is 0 Å². The van der Waals surface area contributed by atoms with Gasteiger partial charge in [0.1, 0.15) is 5.52 Å². The predicted molar refractivity (Wildman–Crippen MR) is 70.8 cm³/mol. The van der Waals surface area contributed by atoms with Crippen LogP contribution in [-0.2, 0) is 0 Å². The fraction of sp³-hybridized carbons (Fsp3) is 0.538. The Bertz CT molecular complexity index is 527. The van der Waals surface area contributed by atoms with Gasteiger partial charge in [-0.25, -0.2) is 9.97 Å². The summed E-state index contributed by atoms with van der Waals surface area (Å²) in [7, 11) is 0. The van der Waals surface area contributed by atoms with Crippen LogP contribution in [0.15, 0.2) is 12.1 Å². The molecule has 92 valence electrons. The Labute approximate surface area is 102 Å². The average Bonchev–Trinajstić information content (AvgIpc) is 2.56. The highest BCUT2D eigenvalue weighted by Gasteiger charge is 2.20. The van der Waals surface area contributed by atoms with E-state index in [1.165, 1.54) is 0 Å². The SMILES string of the molecule is CCC(C(C)C)n1c(N)nc2ccc(C)nc21.